The van der Waals surface area contributed by atoms with Gasteiger partial charge in [-0.25, -0.2) is 22.3 Å². The van der Waals surface area contributed by atoms with Crippen LogP contribution in [0.3, 0.4) is 0 Å². The molecule has 0 spiro atoms. The molecule has 0 saturated heterocycles. The van der Waals surface area contributed by atoms with Crippen molar-refractivity contribution in [3.8, 4) is 0 Å². The largest absolute Gasteiger partial charge is 0.233 e. The number of rotatable bonds is 4. The molecule has 5 nitrogen and oxygen atoms in total. The summed E-state index contributed by atoms with van der Waals surface area (Å²) in [4.78, 5) is 4.30. The molecule has 0 unspecified atom stereocenters. The minimum absolute atomic E-state index is 0.0340. The van der Waals surface area contributed by atoms with Crippen molar-refractivity contribution < 1.29 is 12.8 Å². The van der Waals surface area contributed by atoms with Crippen LogP contribution >= 0.6 is 11.8 Å². The summed E-state index contributed by atoms with van der Waals surface area (Å²) < 4.78 is 41.3. The van der Waals surface area contributed by atoms with Crippen LogP contribution in [0.2, 0.25) is 0 Å². The average Bonchev–Trinajstić information content (AvgIpc) is 2.86. The Morgan fingerprint density at radius 1 is 1.25 bits per heavy atom. The van der Waals surface area contributed by atoms with Crippen LogP contribution in [0.5, 0.6) is 0 Å². The summed E-state index contributed by atoms with van der Waals surface area (Å²) in [7, 11) is -3.94. The van der Waals surface area contributed by atoms with Crippen LogP contribution < -0.4 is 0 Å². The summed E-state index contributed by atoms with van der Waals surface area (Å²) in [5.74, 6) is 0.0608. The van der Waals surface area contributed by atoms with Gasteiger partial charge < -0.3 is 0 Å². The molecule has 0 aliphatic carbocycles. The van der Waals surface area contributed by atoms with Gasteiger partial charge >= 0.3 is 0 Å². The quantitative estimate of drug-likeness (QED) is 0.663. The van der Waals surface area contributed by atoms with E-state index in [0.29, 0.717) is 16.5 Å². The Morgan fingerprint density at radius 3 is 2.67 bits per heavy atom. The molecule has 0 N–H and O–H groups in total. The number of hydrogen-bond acceptors (Lipinski definition) is 5. The van der Waals surface area contributed by atoms with E-state index in [9.17, 15) is 12.8 Å². The Hall–Kier alpha value is -1.93. The predicted molar refractivity (Wildman–Crippen MR) is 90.7 cm³/mol. The zero-order valence-electron chi connectivity index (χ0n) is 13.4. The molecule has 2 heterocycles. The van der Waals surface area contributed by atoms with Crippen LogP contribution in [-0.4, -0.2) is 28.8 Å². The maximum atomic E-state index is 13.5. The monoisotopic (exact) mass is 365 g/mol. The second-order valence-corrected chi connectivity index (χ2v) is 8.44. The SMILES string of the molecule is CCSc1nn2c(C)cc(C)nc2c1S(=O)(=O)c1cccc(F)c1. The first-order valence-corrected chi connectivity index (χ1v) is 9.82. The Labute approximate surface area is 143 Å². The molecule has 0 aliphatic heterocycles. The van der Waals surface area contributed by atoms with Crippen LogP contribution in [0, 0.1) is 19.7 Å². The van der Waals surface area contributed by atoms with Crippen molar-refractivity contribution in [1.82, 2.24) is 14.6 Å². The first-order chi connectivity index (χ1) is 11.3. The average molecular weight is 365 g/mol. The lowest BCUT2D eigenvalue weighted by atomic mass is 10.3. The zero-order chi connectivity index (χ0) is 17.5. The summed E-state index contributed by atoms with van der Waals surface area (Å²) in [6.45, 7) is 5.55. The highest BCUT2D eigenvalue weighted by Crippen LogP contribution is 2.33. The van der Waals surface area contributed by atoms with Gasteiger partial charge in [-0.15, -0.1) is 11.8 Å². The summed E-state index contributed by atoms with van der Waals surface area (Å²) in [6, 6.07) is 6.82. The molecule has 3 aromatic rings. The maximum Gasteiger partial charge on any atom is 0.213 e. The van der Waals surface area contributed by atoms with Gasteiger partial charge in [-0.2, -0.15) is 5.10 Å². The molecular weight excluding hydrogens is 349 g/mol. The van der Waals surface area contributed by atoms with Crippen LogP contribution in [0.25, 0.3) is 5.65 Å². The van der Waals surface area contributed by atoms with Crippen LogP contribution in [0.15, 0.2) is 45.1 Å². The van der Waals surface area contributed by atoms with E-state index in [4.69, 9.17) is 0 Å². The van der Waals surface area contributed by atoms with Crippen LogP contribution in [0.1, 0.15) is 18.3 Å². The van der Waals surface area contributed by atoms with Gasteiger partial charge in [-0.1, -0.05) is 13.0 Å². The van der Waals surface area contributed by atoms with Gasteiger partial charge in [0.2, 0.25) is 9.84 Å². The lowest BCUT2D eigenvalue weighted by molar-refractivity contribution is 0.589. The van der Waals surface area contributed by atoms with Gasteiger partial charge in [-0.3, -0.25) is 0 Å². The highest BCUT2D eigenvalue weighted by molar-refractivity contribution is 8.00. The van der Waals surface area contributed by atoms with Crippen molar-refractivity contribution in [2.24, 2.45) is 0 Å². The van der Waals surface area contributed by atoms with Crippen molar-refractivity contribution in [2.45, 2.75) is 35.6 Å². The first kappa shape index (κ1) is 16.9. The molecule has 0 bridgehead atoms. The molecule has 0 amide bonds. The lowest BCUT2D eigenvalue weighted by Gasteiger charge is -2.06. The molecule has 2 aromatic heterocycles. The Kier molecular flexibility index (Phi) is 4.35. The van der Waals surface area contributed by atoms with E-state index in [1.165, 1.54) is 34.5 Å². The van der Waals surface area contributed by atoms with Gasteiger partial charge in [0.15, 0.2) is 10.5 Å². The minimum atomic E-state index is -3.94. The maximum absolute atomic E-state index is 13.5. The fraction of sp³-hybridized carbons (Fsp3) is 0.250. The number of aromatic nitrogens is 3. The molecule has 0 saturated carbocycles. The molecule has 0 fully saturated rings. The minimum Gasteiger partial charge on any atom is -0.233 e. The third-order valence-electron chi connectivity index (χ3n) is 3.48. The number of sulfone groups is 1. The molecule has 0 aliphatic rings. The van der Waals surface area contributed by atoms with Gasteiger partial charge in [-0.05, 0) is 43.9 Å². The fourth-order valence-corrected chi connectivity index (χ4v) is 5.05. The van der Waals surface area contributed by atoms with E-state index < -0.39 is 15.7 Å². The number of thioether (sulfide) groups is 1. The lowest BCUT2D eigenvalue weighted by Crippen LogP contribution is -2.05. The number of benzene rings is 1. The number of halogens is 1. The Bertz CT molecular complexity index is 1030. The van der Waals surface area contributed by atoms with Crippen molar-refractivity contribution in [1.29, 1.82) is 0 Å². The molecule has 0 radical (unpaired) electrons. The van der Waals surface area contributed by atoms with Gasteiger partial charge in [0.05, 0.1) is 4.90 Å². The van der Waals surface area contributed by atoms with Crippen LogP contribution in [0.4, 0.5) is 4.39 Å². The van der Waals surface area contributed by atoms with Crippen molar-refractivity contribution in [3.05, 3.63) is 47.5 Å². The van der Waals surface area contributed by atoms with Gasteiger partial charge in [0, 0.05) is 11.4 Å². The molecule has 24 heavy (non-hydrogen) atoms. The summed E-state index contributed by atoms with van der Waals surface area (Å²) in [5.41, 5.74) is 1.76. The number of aryl methyl sites for hydroxylation is 2. The molecule has 0 atom stereocenters. The topological polar surface area (TPSA) is 64.3 Å². The van der Waals surface area contributed by atoms with E-state index in [0.717, 1.165) is 11.8 Å². The summed E-state index contributed by atoms with van der Waals surface area (Å²) in [6.07, 6.45) is 0. The van der Waals surface area contributed by atoms with E-state index in [1.54, 1.807) is 6.92 Å². The highest BCUT2D eigenvalue weighted by Gasteiger charge is 2.29. The number of fused-ring (bicyclic) bond motifs is 1. The van der Waals surface area contributed by atoms with Crippen LogP contribution in [-0.2, 0) is 9.84 Å². The van der Waals surface area contributed by atoms with Gasteiger partial charge in [0.25, 0.3) is 0 Å². The molecular formula is C16H16FN3O2S2. The standard InChI is InChI=1S/C16H16FN3O2S2/c1-4-23-16-14(15-18-10(2)8-11(3)20(15)19-16)24(21,22)13-7-5-6-12(17)9-13/h5-9H,4H2,1-3H3. The molecule has 126 valence electrons. The molecule has 8 heteroatoms. The second kappa shape index (κ2) is 6.18. The number of hydrogen-bond donors (Lipinski definition) is 0. The highest BCUT2D eigenvalue weighted by atomic mass is 32.2. The number of nitrogens with zero attached hydrogens (tertiary/aromatic N) is 3. The second-order valence-electron chi connectivity index (χ2n) is 5.30. The Balaban J connectivity index is 2.37. The van der Waals surface area contributed by atoms with Crippen molar-refractivity contribution in [2.75, 3.05) is 5.75 Å². The fourth-order valence-electron chi connectivity index (χ4n) is 2.50. The third-order valence-corrected chi connectivity index (χ3v) is 6.24. The van der Waals surface area contributed by atoms with Gasteiger partial charge in [0.1, 0.15) is 10.8 Å². The zero-order valence-corrected chi connectivity index (χ0v) is 15.1. The van der Waals surface area contributed by atoms with E-state index >= 15 is 0 Å². The normalized spacial score (nSPS) is 12.0. The summed E-state index contributed by atoms with van der Waals surface area (Å²) in [5, 5.41) is 4.78. The molecule has 1 aromatic carbocycles. The van der Waals surface area contributed by atoms with E-state index in [-0.39, 0.29) is 15.4 Å². The van der Waals surface area contributed by atoms with Crippen molar-refractivity contribution >= 4 is 27.2 Å². The van der Waals surface area contributed by atoms with E-state index in [2.05, 4.69) is 10.1 Å². The van der Waals surface area contributed by atoms with E-state index in [1.807, 2.05) is 19.9 Å². The molecule has 3 rings (SSSR count). The third kappa shape index (κ3) is 2.80. The smallest absolute Gasteiger partial charge is 0.213 e. The first-order valence-electron chi connectivity index (χ1n) is 7.35. The van der Waals surface area contributed by atoms with Crippen molar-refractivity contribution in [3.63, 3.8) is 0 Å². The predicted octanol–water partition coefficient (Wildman–Crippen LogP) is 3.43. The summed E-state index contributed by atoms with van der Waals surface area (Å²) >= 11 is 1.32. The Morgan fingerprint density at radius 2 is 2.00 bits per heavy atom.